The van der Waals surface area contributed by atoms with E-state index < -0.39 is 23.8 Å². The van der Waals surface area contributed by atoms with Crippen LogP contribution in [-0.2, 0) is 22.3 Å². The number of methoxy groups -OCH3 is 1. The zero-order chi connectivity index (χ0) is 34.4. The first-order valence-corrected chi connectivity index (χ1v) is 16.1. The van der Waals surface area contributed by atoms with Crippen LogP contribution in [0.5, 0.6) is 11.5 Å². The van der Waals surface area contributed by atoms with E-state index in [0.29, 0.717) is 46.2 Å². The highest BCUT2D eigenvalue weighted by molar-refractivity contribution is 6.30. The first-order chi connectivity index (χ1) is 22.9. The molecule has 0 bridgehead atoms. The second-order valence-electron chi connectivity index (χ2n) is 12.7. The zero-order valence-corrected chi connectivity index (χ0v) is 28.1. The van der Waals surface area contributed by atoms with Gasteiger partial charge in [0.15, 0.2) is 0 Å². The van der Waals surface area contributed by atoms with Crippen LogP contribution in [0.25, 0.3) is 0 Å². The van der Waals surface area contributed by atoms with Crippen LogP contribution in [0.2, 0.25) is 5.02 Å². The van der Waals surface area contributed by atoms with E-state index in [-0.39, 0.29) is 24.1 Å². The number of hydrogen-bond donors (Lipinski definition) is 2. The molecule has 2 atom stereocenters. The topological polar surface area (TPSA) is 114 Å². The highest BCUT2D eigenvalue weighted by Gasteiger charge is 2.33. The monoisotopic (exact) mass is 670 g/mol. The maximum Gasteiger partial charge on any atom is 0.410 e. The fourth-order valence-electron chi connectivity index (χ4n) is 5.64. The molecule has 9 nitrogen and oxygen atoms in total. The van der Waals surface area contributed by atoms with Crippen LogP contribution in [0.1, 0.15) is 70.7 Å². The van der Waals surface area contributed by atoms with E-state index >= 15 is 0 Å². The molecule has 4 aromatic rings. The molecule has 2 N–H and O–H groups in total. The molecule has 5 rings (SSSR count). The Kier molecular flexibility index (Phi) is 10.7. The molecule has 0 unspecified atom stereocenters. The van der Waals surface area contributed by atoms with Gasteiger partial charge in [-0.1, -0.05) is 48.0 Å². The smallest absolute Gasteiger partial charge is 0.410 e. The van der Waals surface area contributed by atoms with Crippen molar-refractivity contribution in [1.29, 1.82) is 0 Å². The first kappa shape index (κ1) is 34.5. The van der Waals surface area contributed by atoms with Gasteiger partial charge in [0.1, 0.15) is 17.1 Å². The molecule has 0 radical (unpaired) electrons. The highest BCUT2D eigenvalue weighted by Crippen LogP contribution is 2.33. The van der Waals surface area contributed by atoms with Gasteiger partial charge in [0.25, 0.3) is 5.91 Å². The molecule has 0 spiro atoms. The Bertz CT molecular complexity index is 1790. The predicted octanol–water partition coefficient (Wildman–Crippen LogP) is 8.00. The van der Waals surface area contributed by atoms with E-state index in [4.69, 9.17) is 25.8 Å². The molecule has 0 heterocycles. The van der Waals surface area contributed by atoms with Crippen LogP contribution in [-0.4, -0.2) is 53.3 Å². The largest absolute Gasteiger partial charge is 0.465 e. The van der Waals surface area contributed by atoms with E-state index in [9.17, 15) is 19.5 Å². The normalized spacial score (nSPS) is 14.7. The van der Waals surface area contributed by atoms with Gasteiger partial charge in [0, 0.05) is 16.6 Å². The third-order valence-corrected chi connectivity index (χ3v) is 8.20. The van der Waals surface area contributed by atoms with E-state index in [2.05, 4.69) is 5.32 Å². The molecule has 250 valence electrons. The lowest BCUT2D eigenvalue weighted by Crippen LogP contribution is -2.47. The van der Waals surface area contributed by atoms with Crippen LogP contribution in [0, 0.1) is 0 Å². The molecule has 0 fully saturated rings. The summed E-state index contributed by atoms with van der Waals surface area (Å²) in [4.78, 5) is 40.5. The number of aryl methyl sites for hydroxylation is 1. The minimum absolute atomic E-state index is 0.0366. The van der Waals surface area contributed by atoms with Crippen molar-refractivity contribution in [3.63, 3.8) is 0 Å². The number of hydrogen-bond acceptors (Lipinski definition) is 7. The highest BCUT2D eigenvalue weighted by atomic mass is 35.5. The number of benzene rings is 4. The van der Waals surface area contributed by atoms with Gasteiger partial charge in [-0.25, -0.2) is 9.59 Å². The lowest BCUT2D eigenvalue weighted by Gasteiger charge is -2.37. The summed E-state index contributed by atoms with van der Waals surface area (Å²) in [6, 6.07) is 26.0. The Hall–Kier alpha value is -4.86. The summed E-state index contributed by atoms with van der Waals surface area (Å²) in [5, 5.41) is 14.4. The lowest BCUT2D eigenvalue weighted by atomic mass is 9.87. The van der Waals surface area contributed by atoms with Crippen molar-refractivity contribution in [1.82, 2.24) is 4.90 Å². The molecular weight excluding hydrogens is 632 g/mol. The van der Waals surface area contributed by atoms with Crippen molar-refractivity contribution in [2.75, 3.05) is 19.0 Å². The summed E-state index contributed by atoms with van der Waals surface area (Å²) < 4.78 is 16.9. The van der Waals surface area contributed by atoms with Gasteiger partial charge in [-0.2, -0.15) is 0 Å². The van der Waals surface area contributed by atoms with Gasteiger partial charge in [-0.3, -0.25) is 4.79 Å². The number of carbonyl (C=O) groups excluding carboxylic acids is 3. The summed E-state index contributed by atoms with van der Waals surface area (Å²) in [7, 11) is 1.27. The van der Waals surface area contributed by atoms with Crippen LogP contribution in [0.3, 0.4) is 0 Å². The number of nitrogens with one attached hydrogen (secondary N) is 1. The maximum absolute atomic E-state index is 13.5. The van der Waals surface area contributed by atoms with Crippen molar-refractivity contribution in [3.8, 4) is 11.5 Å². The molecule has 2 amide bonds. The number of amides is 2. The van der Waals surface area contributed by atoms with Gasteiger partial charge in [0.2, 0.25) is 0 Å². The summed E-state index contributed by atoms with van der Waals surface area (Å²) in [6.07, 6.45) is 0.463. The van der Waals surface area contributed by atoms with Gasteiger partial charge in [0.05, 0.1) is 31.0 Å². The third kappa shape index (κ3) is 8.73. The quantitative estimate of drug-likeness (QED) is 0.173. The second-order valence-corrected chi connectivity index (χ2v) is 13.1. The number of ether oxygens (including phenoxy) is 3. The molecule has 0 aromatic heterocycles. The van der Waals surface area contributed by atoms with Gasteiger partial charge >= 0.3 is 12.1 Å². The molecule has 1 aliphatic carbocycles. The number of halogens is 1. The van der Waals surface area contributed by atoms with E-state index in [1.807, 2.05) is 45.0 Å². The molecular formula is C38H39ClN2O7. The fraction of sp³-hybridized carbons (Fsp3) is 0.289. The van der Waals surface area contributed by atoms with Crippen molar-refractivity contribution < 1.29 is 33.7 Å². The van der Waals surface area contributed by atoms with E-state index in [0.717, 1.165) is 17.5 Å². The van der Waals surface area contributed by atoms with Gasteiger partial charge in [-0.05, 0) is 111 Å². The molecule has 4 aromatic carbocycles. The summed E-state index contributed by atoms with van der Waals surface area (Å²) in [5.41, 5.74) is 2.90. The number of esters is 1. The van der Waals surface area contributed by atoms with Crippen LogP contribution in [0.15, 0.2) is 91.0 Å². The zero-order valence-electron chi connectivity index (χ0n) is 27.4. The molecule has 48 heavy (non-hydrogen) atoms. The molecule has 0 aliphatic heterocycles. The molecule has 0 saturated carbocycles. The Labute approximate surface area is 285 Å². The molecule has 0 saturated heterocycles. The number of nitrogens with zero attached hydrogens (tertiary/aromatic N) is 1. The number of rotatable bonds is 9. The van der Waals surface area contributed by atoms with Crippen LogP contribution < -0.4 is 10.1 Å². The average Bonchev–Trinajstić information content (AvgIpc) is 3.06. The minimum atomic E-state index is -0.961. The van der Waals surface area contributed by atoms with Gasteiger partial charge < -0.3 is 29.5 Å². The SMILES string of the molecule is COC(=O)c1cc(Oc2ccc3c(c2)C[C@@H](N(C[C@H](O)c2cccc(Cl)c2)C(=O)OC(C)(C)C)CC3)ccc1NC(=O)c1ccccc1. The van der Waals surface area contributed by atoms with Crippen LogP contribution in [0.4, 0.5) is 10.5 Å². The Morgan fingerprint density at radius 2 is 1.67 bits per heavy atom. The number of anilines is 1. The number of aliphatic hydroxyl groups is 1. The molecule has 1 aliphatic rings. The summed E-state index contributed by atoms with van der Waals surface area (Å²) in [5.74, 6) is -0.0759. The van der Waals surface area contributed by atoms with Crippen molar-refractivity contribution in [2.45, 2.75) is 57.8 Å². The standard InChI is InChI=1S/C38H39ClN2O7/c1-38(2,3)48-37(45)41(23-34(42)26-11-8-12-28(39)19-26)29-15-13-24-14-16-30(21-27(24)20-29)47-31-17-18-33(32(22-31)36(44)46-4)40-35(43)25-9-6-5-7-10-25/h5-12,14,16-19,21-22,29,34,42H,13,15,20,23H2,1-4H3,(H,40,43)/t29-,34-/m0/s1. The second kappa shape index (κ2) is 14.9. The van der Waals surface area contributed by atoms with Crippen LogP contribution >= 0.6 is 11.6 Å². The van der Waals surface area contributed by atoms with Crippen molar-refractivity contribution in [2.24, 2.45) is 0 Å². The maximum atomic E-state index is 13.5. The number of fused-ring (bicyclic) bond motifs is 1. The summed E-state index contributed by atoms with van der Waals surface area (Å²) in [6.45, 7) is 5.47. The number of aliphatic hydroxyl groups excluding tert-OH is 1. The van der Waals surface area contributed by atoms with E-state index in [1.54, 1.807) is 65.6 Å². The summed E-state index contributed by atoms with van der Waals surface area (Å²) >= 11 is 6.17. The Morgan fingerprint density at radius 3 is 2.38 bits per heavy atom. The first-order valence-electron chi connectivity index (χ1n) is 15.7. The number of carbonyl (C=O) groups is 3. The van der Waals surface area contributed by atoms with Gasteiger partial charge in [-0.15, -0.1) is 0 Å². The van der Waals surface area contributed by atoms with Crippen molar-refractivity contribution in [3.05, 3.63) is 124 Å². The van der Waals surface area contributed by atoms with Crippen molar-refractivity contribution >= 4 is 35.3 Å². The Morgan fingerprint density at radius 1 is 0.938 bits per heavy atom. The predicted molar refractivity (Wildman–Crippen MR) is 184 cm³/mol. The fourth-order valence-corrected chi connectivity index (χ4v) is 5.84. The molecule has 10 heteroatoms. The Balaban J connectivity index is 1.35. The average molecular weight is 671 g/mol. The van der Waals surface area contributed by atoms with E-state index in [1.165, 1.54) is 13.2 Å². The minimum Gasteiger partial charge on any atom is -0.465 e. The third-order valence-electron chi connectivity index (χ3n) is 7.97. The lowest BCUT2D eigenvalue weighted by molar-refractivity contribution is 0.00194.